The molecule has 0 aliphatic carbocycles. The molecule has 0 bridgehead atoms. The molecule has 1 saturated heterocycles. The Morgan fingerprint density at radius 2 is 2.31 bits per heavy atom. The monoisotopic (exact) mass is 195 g/mol. The molecule has 0 amide bonds. The van der Waals surface area contributed by atoms with Gasteiger partial charge in [-0.15, -0.1) is 0 Å². The number of nitrogens with one attached hydrogen (secondary N) is 1. The summed E-state index contributed by atoms with van der Waals surface area (Å²) in [6.45, 7) is 0.995. The van der Waals surface area contributed by atoms with E-state index in [0.717, 1.165) is 17.7 Å². The first-order chi connectivity index (χ1) is 6.45. The minimum Gasteiger partial charge on any atom is -0.353 e. The van der Waals surface area contributed by atoms with Crippen molar-refractivity contribution >= 4 is 17.7 Å². The predicted octanol–water partition coefficient (Wildman–Crippen LogP) is 1.78. The molecule has 1 N–H and O–H groups in total. The van der Waals surface area contributed by atoms with E-state index in [2.05, 4.69) is 15.3 Å². The van der Waals surface area contributed by atoms with Gasteiger partial charge < -0.3 is 5.32 Å². The number of thioether (sulfide) groups is 1. The van der Waals surface area contributed by atoms with Gasteiger partial charge in [0, 0.05) is 24.2 Å². The molecule has 1 fully saturated rings. The van der Waals surface area contributed by atoms with Gasteiger partial charge in [0.05, 0.1) is 0 Å². The molecule has 1 atom stereocenters. The Morgan fingerprint density at radius 1 is 1.46 bits per heavy atom. The molecule has 2 heterocycles. The van der Waals surface area contributed by atoms with Gasteiger partial charge in [-0.3, -0.25) is 0 Å². The molecule has 1 aliphatic heterocycles. The van der Waals surface area contributed by atoms with Crippen LogP contribution in [0.2, 0.25) is 0 Å². The second kappa shape index (κ2) is 4.46. The highest BCUT2D eigenvalue weighted by atomic mass is 32.2. The summed E-state index contributed by atoms with van der Waals surface area (Å²) in [5.41, 5.74) is 0. The van der Waals surface area contributed by atoms with Gasteiger partial charge in [-0.1, -0.05) is 0 Å². The lowest BCUT2D eigenvalue weighted by atomic mass is 10.2. The van der Waals surface area contributed by atoms with Crippen molar-refractivity contribution in [3.63, 3.8) is 0 Å². The molecule has 13 heavy (non-hydrogen) atoms. The lowest BCUT2D eigenvalue weighted by molar-refractivity contribution is 0.800. The summed E-state index contributed by atoms with van der Waals surface area (Å²) < 4.78 is 0. The molecule has 1 aromatic rings. The van der Waals surface area contributed by atoms with E-state index in [1.807, 2.05) is 17.8 Å². The van der Waals surface area contributed by atoms with Gasteiger partial charge >= 0.3 is 0 Å². The summed E-state index contributed by atoms with van der Waals surface area (Å²) in [6, 6.07) is 1.83. The van der Waals surface area contributed by atoms with Gasteiger partial charge in [-0.2, -0.15) is 11.8 Å². The molecule has 1 aromatic heterocycles. The molecular weight excluding hydrogens is 182 g/mol. The fourth-order valence-corrected chi connectivity index (χ4v) is 2.60. The zero-order valence-electron chi connectivity index (χ0n) is 7.44. The van der Waals surface area contributed by atoms with E-state index in [1.54, 1.807) is 12.4 Å². The van der Waals surface area contributed by atoms with Crippen molar-refractivity contribution in [3.05, 3.63) is 18.5 Å². The summed E-state index contributed by atoms with van der Waals surface area (Å²) >= 11 is 2.04. The average molecular weight is 195 g/mol. The molecule has 0 spiro atoms. The summed E-state index contributed by atoms with van der Waals surface area (Å²) in [5, 5.41) is 4.00. The van der Waals surface area contributed by atoms with Gasteiger partial charge in [0.1, 0.15) is 0 Å². The van der Waals surface area contributed by atoms with Crippen LogP contribution in [-0.2, 0) is 0 Å². The Hall–Kier alpha value is -0.770. The van der Waals surface area contributed by atoms with Crippen LogP contribution in [0.1, 0.15) is 12.8 Å². The number of aromatic nitrogens is 2. The number of rotatable bonds is 3. The smallest absolute Gasteiger partial charge is 0.222 e. The van der Waals surface area contributed by atoms with E-state index < -0.39 is 0 Å². The largest absolute Gasteiger partial charge is 0.353 e. The van der Waals surface area contributed by atoms with Crippen LogP contribution in [-0.4, -0.2) is 27.5 Å². The van der Waals surface area contributed by atoms with E-state index in [9.17, 15) is 0 Å². The Morgan fingerprint density at radius 3 is 3.00 bits per heavy atom. The lowest BCUT2D eigenvalue weighted by Gasteiger charge is -2.08. The molecule has 2 rings (SSSR count). The quantitative estimate of drug-likeness (QED) is 0.798. The maximum Gasteiger partial charge on any atom is 0.222 e. The second-order valence-electron chi connectivity index (χ2n) is 3.09. The number of anilines is 1. The Balaban J connectivity index is 1.79. The third-order valence-corrected chi connectivity index (χ3v) is 3.48. The summed E-state index contributed by atoms with van der Waals surface area (Å²) in [6.07, 6.45) is 6.20. The number of nitrogens with zero attached hydrogens (tertiary/aromatic N) is 2. The Bertz CT molecular complexity index is 246. The number of hydrogen-bond donors (Lipinski definition) is 1. The minimum absolute atomic E-state index is 0.745. The van der Waals surface area contributed by atoms with Crippen LogP contribution in [0.3, 0.4) is 0 Å². The fourth-order valence-electron chi connectivity index (χ4n) is 1.40. The maximum atomic E-state index is 4.11. The third-order valence-electron chi connectivity index (χ3n) is 2.08. The number of hydrogen-bond acceptors (Lipinski definition) is 4. The van der Waals surface area contributed by atoms with E-state index >= 15 is 0 Å². The van der Waals surface area contributed by atoms with Crippen molar-refractivity contribution in [1.82, 2.24) is 9.97 Å². The van der Waals surface area contributed by atoms with Crippen molar-refractivity contribution in [1.29, 1.82) is 0 Å². The first-order valence-corrected chi connectivity index (χ1v) is 5.62. The SMILES string of the molecule is c1cnc(NCC2CCCS2)nc1. The molecule has 1 unspecified atom stereocenters. The van der Waals surface area contributed by atoms with Crippen LogP contribution in [0.4, 0.5) is 5.95 Å². The summed E-state index contributed by atoms with van der Waals surface area (Å²) in [5.74, 6) is 2.05. The predicted molar refractivity (Wildman–Crippen MR) is 56.0 cm³/mol. The van der Waals surface area contributed by atoms with Gasteiger partial charge in [-0.05, 0) is 24.7 Å². The normalized spacial score (nSPS) is 21.7. The first kappa shape index (κ1) is 8.81. The summed E-state index contributed by atoms with van der Waals surface area (Å²) in [7, 11) is 0. The highest BCUT2D eigenvalue weighted by Crippen LogP contribution is 2.25. The van der Waals surface area contributed by atoms with Gasteiger partial charge in [0.15, 0.2) is 0 Å². The third kappa shape index (κ3) is 2.59. The highest BCUT2D eigenvalue weighted by molar-refractivity contribution is 8.00. The topological polar surface area (TPSA) is 37.8 Å². The van der Waals surface area contributed by atoms with Crippen LogP contribution in [0.25, 0.3) is 0 Å². The molecule has 0 radical (unpaired) electrons. The lowest BCUT2D eigenvalue weighted by Crippen LogP contribution is -2.14. The minimum atomic E-state index is 0.745. The molecule has 4 heteroatoms. The fraction of sp³-hybridized carbons (Fsp3) is 0.556. The van der Waals surface area contributed by atoms with E-state index in [4.69, 9.17) is 0 Å². The van der Waals surface area contributed by atoms with E-state index in [-0.39, 0.29) is 0 Å². The molecule has 0 saturated carbocycles. The summed E-state index contributed by atoms with van der Waals surface area (Å²) in [4.78, 5) is 8.22. The van der Waals surface area contributed by atoms with Crippen LogP contribution in [0, 0.1) is 0 Å². The maximum absolute atomic E-state index is 4.11. The molecule has 1 aliphatic rings. The van der Waals surface area contributed by atoms with E-state index in [0.29, 0.717) is 0 Å². The van der Waals surface area contributed by atoms with Crippen LogP contribution >= 0.6 is 11.8 Å². The first-order valence-electron chi connectivity index (χ1n) is 4.57. The zero-order valence-corrected chi connectivity index (χ0v) is 8.26. The van der Waals surface area contributed by atoms with Crippen molar-refractivity contribution in [3.8, 4) is 0 Å². The second-order valence-corrected chi connectivity index (χ2v) is 4.50. The van der Waals surface area contributed by atoms with Crippen molar-refractivity contribution < 1.29 is 0 Å². The van der Waals surface area contributed by atoms with Crippen molar-refractivity contribution in [2.45, 2.75) is 18.1 Å². The van der Waals surface area contributed by atoms with Gasteiger partial charge in [-0.25, -0.2) is 9.97 Å². The highest BCUT2D eigenvalue weighted by Gasteiger charge is 2.14. The van der Waals surface area contributed by atoms with Crippen LogP contribution in [0.15, 0.2) is 18.5 Å². The zero-order chi connectivity index (χ0) is 8.93. The van der Waals surface area contributed by atoms with E-state index in [1.165, 1.54) is 18.6 Å². The van der Waals surface area contributed by atoms with Gasteiger partial charge in [0.2, 0.25) is 5.95 Å². The van der Waals surface area contributed by atoms with Crippen molar-refractivity contribution in [2.75, 3.05) is 17.6 Å². The average Bonchev–Trinajstić information content (AvgIpc) is 2.69. The van der Waals surface area contributed by atoms with Crippen LogP contribution in [0.5, 0.6) is 0 Å². The molecule has 3 nitrogen and oxygen atoms in total. The molecular formula is C9H13N3S. The molecule has 0 aromatic carbocycles. The Labute approximate surface area is 82.4 Å². The van der Waals surface area contributed by atoms with Crippen molar-refractivity contribution in [2.24, 2.45) is 0 Å². The molecule has 70 valence electrons. The Kier molecular flexibility index (Phi) is 3.02. The van der Waals surface area contributed by atoms with Crippen LogP contribution < -0.4 is 5.32 Å². The standard InChI is InChI=1S/C9H13N3S/c1-3-8(13-6-1)7-12-9-10-4-2-5-11-9/h2,4-5,8H,1,3,6-7H2,(H,10,11,12). The van der Waals surface area contributed by atoms with Gasteiger partial charge in [0.25, 0.3) is 0 Å².